The van der Waals surface area contributed by atoms with Crippen LogP contribution in [-0.2, 0) is 0 Å². The van der Waals surface area contributed by atoms with Crippen LogP contribution in [0, 0.1) is 23.1 Å². The van der Waals surface area contributed by atoms with Crippen molar-refractivity contribution in [2.24, 2.45) is 5.92 Å². The minimum Gasteiger partial charge on any atom is -0.492 e. The van der Waals surface area contributed by atoms with Gasteiger partial charge < -0.3 is 4.74 Å². The van der Waals surface area contributed by atoms with Crippen LogP contribution in [0.25, 0.3) is 0 Å². The highest BCUT2D eigenvalue weighted by Gasteiger charge is 2.04. The molecule has 15 heavy (non-hydrogen) atoms. The largest absolute Gasteiger partial charge is 0.492 e. The minimum absolute atomic E-state index is 0.249. The molecular formula is C12H14FNO. The molecule has 0 fully saturated rings. The molecule has 80 valence electrons. The van der Waals surface area contributed by atoms with Crippen LogP contribution in [0.4, 0.5) is 4.39 Å². The lowest BCUT2D eigenvalue weighted by molar-refractivity contribution is 0.288. The van der Waals surface area contributed by atoms with Crippen LogP contribution in [0.15, 0.2) is 18.2 Å². The van der Waals surface area contributed by atoms with Crippen molar-refractivity contribution in [2.75, 3.05) is 6.61 Å². The van der Waals surface area contributed by atoms with Crippen LogP contribution in [0.2, 0.25) is 0 Å². The molecule has 0 aromatic heterocycles. The zero-order valence-corrected chi connectivity index (χ0v) is 8.96. The lowest BCUT2D eigenvalue weighted by atomic mass is 10.1. The minimum atomic E-state index is -0.414. The second kappa shape index (κ2) is 5.35. The molecule has 0 aliphatic carbocycles. The van der Waals surface area contributed by atoms with Crippen LogP contribution >= 0.6 is 0 Å². The SMILES string of the molecule is CC(C)CCOc1ccc(F)cc1C#N. The predicted molar refractivity (Wildman–Crippen MR) is 56.1 cm³/mol. The lowest BCUT2D eigenvalue weighted by Gasteiger charge is -2.09. The van der Waals surface area contributed by atoms with Gasteiger partial charge in [-0.25, -0.2) is 4.39 Å². The molecule has 0 spiro atoms. The van der Waals surface area contributed by atoms with Gasteiger partial charge in [-0.15, -0.1) is 0 Å². The van der Waals surface area contributed by atoms with E-state index in [1.165, 1.54) is 18.2 Å². The zero-order valence-electron chi connectivity index (χ0n) is 8.96. The molecule has 0 saturated heterocycles. The summed E-state index contributed by atoms with van der Waals surface area (Å²) in [7, 11) is 0. The van der Waals surface area contributed by atoms with Crippen LogP contribution in [-0.4, -0.2) is 6.61 Å². The third-order valence-electron chi connectivity index (χ3n) is 2.01. The molecule has 0 saturated carbocycles. The fourth-order valence-electron chi connectivity index (χ4n) is 1.12. The molecule has 0 amide bonds. The summed E-state index contributed by atoms with van der Waals surface area (Å²) in [6.07, 6.45) is 0.919. The molecule has 1 aromatic rings. The van der Waals surface area contributed by atoms with E-state index in [9.17, 15) is 4.39 Å². The Morgan fingerprint density at radius 2 is 2.20 bits per heavy atom. The van der Waals surface area contributed by atoms with E-state index in [1.54, 1.807) is 0 Å². The first-order valence-corrected chi connectivity index (χ1v) is 4.96. The fraction of sp³-hybridized carbons (Fsp3) is 0.417. The zero-order chi connectivity index (χ0) is 11.3. The molecule has 3 heteroatoms. The summed E-state index contributed by atoms with van der Waals surface area (Å²) in [5.74, 6) is 0.596. The standard InChI is InChI=1S/C12H14FNO/c1-9(2)5-6-15-12-4-3-11(13)7-10(12)8-14/h3-4,7,9H,5-6H2,1-2H3. The van der Waals surface area contributed by atoms with Crippen molar-refractivity contribution in [3.63, 3.8) is 0 Å². The Hall–Kier alpha value is -1.56. The summed E-state index contributed by atoms with van der Waals surface area (Å²) < 4.78 is 18.2. The van der Waals surface area contributed by atoms with Crippen molar-refractivity contribution in [1.29, 1.82) is 5.26 Å². The first-order chi connectivity index (χ1) is 7.13. The van der Waals surface area contributed by atoms with Gasteiger partial charge in [-0.05, 0) is 30.5 Å². The number of rotatable bonds is 4. The Bertz CT molecular complexity index is 368. The molecule has 0 bridgehead atoms. The van der Waals surface area contributed by atoms with E-state index in [-0.39, 0.29) is 5.56 Å². The van der Waals surface area contributed by atoms with E-state index in [1.807, 2.05) is 6.07 Å². The second-order valence-electron chi connectivity index (χ2n) is 3.78. The Balaban J connectivity index is 2.65. The lowest BCUT2D eigenvalue weighted by Crippen LogP contribution is -2.02. The normalized spacial score (nSPS) is 10.1. The summed E-state index contributed by atoms with van der Waals surface area (Å²) in [5, 5.41) is 8.75. The van der Waals surface area contributed by atoms with Gasteiger partial charge in [0.15, 0.2) is 0 Å². The van der Waals surface area contributed by atoms with Crippen molar-refractivity contribution in [3.8, 4) is 11.8 Å². The Morgan fingerprint density at radius 1 is 1.47 bits per heavy atom. The van der Waals surface area contributed by atoms with Gasteiger partial charge in [-0.2, -0.15) is 5.26 Å². The van der Waals surface area contributed by atoms with Gasteiger partial charge in [-0.3, -0.25) is 0 Å². The molecule has 1 aromatic carbocycles. The predicted octanol–water partition coefficient (Wildman–Crippen LogP) is 3.12. The average molecular weight is 207 g/mol. The Kier molecular flexibility index (Phi) is 4.11. The van der Waals surface area contributed by atoms with Crippen LogP contribution in [0.3, 0.4) is 0 Å². The molecule has 0 N–H and O–H groups in total. The maximum Gasteiger partial charge on any atom is 0.137 e. The van der Waals surface area contributed by atoms with Gasteiger partial charge in [0.2, 0.25) is 0 Å². The number of ether oxygens (including phenoxy) is 1. The van der Waals surface area contributed by atoms with Crippen molar-refractivity contribution in [2.45, 2.75) is 20.3 Å². The second-order valence-corrected chi connectivity index (χ2v) is 3.78. The number of nitriles is 1. The highest BCUT2D eigenvalue weighted by Crippen LogP contribution is 2.19. The number of hydrogen-bond acceptors (Lipinski definition) is 2. The molecule has 0 heterocycles. The summed E-state index contributed by atoms with van der Waals surface area (Å²) in [6, 6.07) is 5.89. The Labute approximate surface area is 89.3 Å². The number of hydrogen-bond donors (Lipinski definition) is 0. The maximum atomic E-state index is 12.8. The van der Waals surface area contributed by atoms with Gasteiger partial charge in [-0.1, -0.05) is 13.8 Å². The first-order valence-electron chi connectivity index (χ1n) is 4.96. The van der Waals surface area contributed by atoms with Gasteiger partial charge in [0.25, 0.3) is 0 Å². The smallest absolute Gasteiger partial charge is 0.137 e. The molecule has 0 aliphatic heterocycles. The van der Waals surface area contributed by atoms with E-state index in [2.05, 4.69) is 13.8 Å². The topological polar surface area (TPSA) is 33.0 Å². The molecule has 0 unspecified atom stereocenters. The van der Waals surface area contributed by atoms with Crippen LogP contribution in [0.5, 0.6) is 5.75 Å². The molecule has 1 rings (SSSR count). The number of nitrogens with zero attached hydrogens (tertiary/aromatic N) is 1. The highest BCUT2D eigenvalue weighted by atomic mass is 19.1. The monoisotopic (exact) mass is 207 g/mol. The maximum absolute atomic E-state index is 12.8. The molecule has 0 radical (unpaired) electrons. The van der Waals surface area contributed by atoms with E-state index in [4.69, 9.17) is 10.00 Å². The van der Waals surface area contributed by atoms with Gasteiger partial charge >= 0.3 is 0 Å². The van der Waals surface area contributed by atoms with Crippen molar-refractivity contribution in [1.82, 2.24) is 0 Å². The van der Waals surface area contributed by atoms with Gasteiger partial charge in [0.1, 0.15) is 17.6 Å². The molecular weight excluding hydrogens is 193 g/mol. The van der Waals surface area contributed by atoms with E-state index >= 15 is 0 Å². The number of halogens is 1. The van der Waals surface area contributed by atoms with Crippen molar-refractivity contribution < 1.29 is 9.13 Å². The number of benzene rings is 1. The third-order valence-corrected chi connectivity index (χ3v) is 2.01. The highest BCUT2D eigenvalue weighted by molar-refractivity contribution is 5.42. The third kappa shape index (κ3) is 3.59. The van der Waals surface area contributed by atoms with Crippen molar-refractivity contribution in [3.05, 3.63) is 29.6 Å². The summed E-state index contributed by atoms with van der Waals surface area (Å²) in [5.41, 5.74) is 0.249. The summed E-state index contributed by atoms with van der Waals surface area (Å²) >= 11 is 0. The van der Waals surface area contributed by atoms with E-state index in [0.717, 1.165) is 6.42 Å². The van der Waals surface area contributed by atoms with Gasteiger partial charge in [0, 0.05) is 0 Å². The van der Waals surface area contributed by atoms with Gasteiger partial charge in [0.05, 0.1) is 12.2 Å². The molecule has 0 atom stereocenters. The summed E-state index contributed by atoms with van der Waals surface area (Å²) in [6.45, 7) is 4.75. The van der Waals surface area contributed by atoms with Crippen LogP contribution < -0.4 is 4.74 Å². The fourth-order valence-corrected chi connectivity index (χ4v) is 1.12. The average Bonchev–Trinajstić information content (AvgIpc) is 2.19. The van der Waals surface area contributed by atoms with Crippen molar-refractivity contribution >= 4 is 0 Å². The van der Waals surface area contributed by atoms with E-state index < -0.39 is 5.82 Å². The molecule has 0 aliphatic rings. The van der Waals surface area contributed by atoms with Crippen LogP contribution in [0.1, 0.15) is 25.8 Å². The molecule has 2 nitrogen and oxygen atoms in total. The quantitative estimate of drug-likeness (QED) is 0.759. The van der Waals surface area contributed by atoms with E-state index in [0.29, 0.717) is 18.3 Å². The summed E-state index contributed by atoms with van der Waals surface area (Å²) in [4.78, 5) is 0. The Morgan fingerprint density at radius 3 is 2.80 bits per heavy atom. The first kappa shape index (κ1) is 11.5.